The van der Waals surface area contributed by atoms with Crippen LogP contribution < -0.4 is 24.3 Å². The van der Waals surface area contributed by atoms with E-state index in [0.29, 0.717) is 42.6 Å². The zero-order chi connectivity index (χ0) is 24.3. The molecule has 7 heteroatoms. The second-order valence-corrected chi connectivity index (χ2v) is 7.96. The number of nitrogens with zero attached hydrogens (tertiary/aromatic N) is 1. The van der Waals surface area contributed by atoms with Gasteiger partial charge in [0, 0.05) is 18.7 Å². The van der Waals surface area contributed by atoms with Crippen LogP contribution in [0.4, 0.5) is 0 Å². The minimum absolute atomic E-state index is 0.238. The van der Waals surface area contributed by atoms with E-state index in [1.807, 2.05) is 68.7 Å². The van der Waals surface area contributed by atoms with Crippen molar-refractivity contribution in [3.8, 4) is 23.0 Å². The van der Waals surface area contributed by atoms with E-state index in [1.54, 1.807) is 12.1 Å². The van der Waals surface area contributed by atoms with Gasteiger partial charge in [0.15, 0.2) is 11.5 Å². The molecule has 34 heavy (non-hydrogen) atoms. The van der Waals surface area contributed by atoms with Crippen LogP contribution in [0.1, 0.15) is 21.5 Å². The van der Waals surface area contributed by atoms with Gasteiger partial charge in [-0.15, -0.1) is 0 Å². The summed E-state index contributed by atoms with van der Waals surface area (Å²) in [5.74, 6) is 1.88. The molecular weight excluding hydrogens is 432 g/mol. The Kier molecular flexibility index (Phi) is 9.17. The molecule has 0 aliphatic rings. The Morgan fingerprint density at radius 2 is 1.50 bits per heavy atom. The van der Waals surface area contributed by atoms with Crippen molar-refractivity contribution in [2.24, 2.45) is 0 Å². The van der Waals surface area contributed by atoms with Crippen LogP contribution in [0.25, 0.3) is 0 Å². The Balaban J connectivity index is 1.62. The zero-order valence-electron chi connectivity index (χ0n) is 20.2. The van der Waals surface area contributed by atoms with E-state index in [-0.39, 0.29) is 5.91 Å². The number of carbonyl (C=O) groups is 1. The standard InChI is InChI=1S/C27H32N2O5/c1-29(2)14-15-33-23-12-10-20(11-13-23)18-28-27(30)22-16-24(31-3)26(25(17-22)32-4)34-19-21-8-6-5-7-9-21/h5-13,16-17H,14-15,18-19H2,1-4H3,(H,28,30). The molecule has 1 amide bonds. The first-order chi connectivity index (χ1) is 16.5. The van der Waals surface area contributed by atoms with Crippen molar-refractivity contribution in [1.82, 2.24) is 10.2 Å². The molecule has 0 saturated heterocycles. The van der Waals surface area contributed by atoms with Gasteiger partial charge in [-0.05, 0) is 49.5 Å². The highest BCUT2D eigenvalue weighted by Gasteiger charge is 2.18. The van der Waals surface area contributed by atoms with Crippen LogP contribution in [0.2, 0.25) is 0 Å². The number of rotatable bonds is 12. The number of ether oxygens (including phenoxy) is 4. The number of amides is 1. The van der Waals surface area contributed by atoms with Gasteiger partial charge in [-0.1, -0.05) is 42.5 Å². The average molecular weight is 465 g/mol. The van der Waals surface area contributed by atoms with Gasteiger partial charge in [-0.25, -0.2) is 0 Å². The maximum Gasteiger partial charge on any atom is 0.251 e. The third kappa shape index (κ3) is 7.15. The summed E-state index contributed by atoms with van der Waals surface area (Å²) in [7, 11) is 7.08. The van der Waals surface area contributed by atoms with Crippen LogP contribution in [0.3, 0.4) is 0 Å². The fourth-order valence-electron chi connectivity index (χ4n) is 3.22. The summed E-state index contributed by atoms with van der Waals surface area (Å²) in [5.41, 5.74) is 2.40. The second kappa shape index (κ2) is 12.5. The lowest BCUT2D eigenvalue weighted by molar-refractivity contribution is 0.0950. The molecule has 0 unspecified atom stereocenters. The highest BCUT2D eigenvalue weighted by Crippen LogP contribution is 2.39. The van der Waals surface area contributed by atoms with E-state index >= 15 is 0 Å². The lowest BCUT2D eigenvalue weighted by atomic mass is 10.1. The highest BCUT2D eigenvalue weighted by atomic mass is 16.5. The van der Waals surface area contributed by atoms with Crippen molar-refractivity contribution < 1.29 is 23.7 Å². The van der Waals surface area contributed by atoms with E-state index in [1.165, 1.54) is 14.2 Å². The Hall–Kier alpha value is -3.71. The Labute approximate surface area is 201 Å². The minimum Gasteiger partial charge on any atom is -0.493 e. The van der Waals surface area contributed by atoms with Gasteiger partial charge in [-0.2, -0.15) is 0 Å². The summed E-state index contributed by atoms with van der Waals surface area (Å²) in [6, 6.07) is 20.8. The number of methoxy groups -OCH3 is 2. The molecule has 0 heterocycles. The van der Waals surface area contributed by atoms with Crippen molar-refractivity contribution in [3.05, 3.63) is 83.4 Å². The van der Waals surface area contributed by atoms with Crippen LogP contribution in [-0.2, 0) is 13.2 Å². The monoisotopic (exact) mass is 464 g/mol. The number of hydrogen-bond acceptors (Lipinski definition) is 6. The van der Waals surface area contributed by atoms with Crippen LogP contribution >= 0.6 is 0 Å². The molecule has 0 atom stereocenters. The number of hydrogen-bond donors (Lipinski definition) is 1. The second-order valence-electron chi connectivity index (χ2n) is 7.96. The van der Waals surface area contributed by atoms with E-state index < -0.39 is 0 Å². The van der Waals surface area contributed by atoms with Crippen molar-refractivity contribution in [3.63, 3.8) is 0 Å². The molecule has 0 aliphatic heterocycles. The number of carbonyl (C=O) groups excluding carboxylic acids is 1. The topological polar surface area (TPSA) is 69.3 Å². The quantitative estimate of drug-likeness (QED) is 0.434. The molecule has 0 fully saturated rings. The van der Waals surface area contributed by atoms with Crippen LogP contribution in [0.15, 0.2) is 66.7 Å². The first kappa shape index (κ1) is 24.9. The summed E-state index contributed by atoms with van der Waals surface area (Å²) in [6.45, 7) is 2.21. The van der Waals surface area contributed by atoms with E-state index in [2.05, 4.69) is 10.2 Å². The number of nitrogens with one attached hydrogen (secondary N) is 1. The summed E-state index contributed by atoms with van der Waals surface area (Å²) in [5, 5.41) is 2.93. The first-order valence-corrected chi connectivity index (χ1v) is 11.1. The molecule has 0 aliphatic carbocycles. The van der Waals surface area contributed by atoms with Crippen molar-refractivity contribution in [2.75, 3.05) is 41.5 Å². The molecule has 0 spiro atoms. The van der Waals surface area contributed by atoms with Gasteiger partial charge >= 0.3 is 0 Å². The molecule has 1 N–H and O–H groups in total. The predicted molar refractivity (Wildman–Crippen MR) is 132 cm³/mol. The minimum atomic E-state index is -0.238. The molecule has 0 bridgehead atoms. The van der Waals surface area contributed by atoms with Gasteiger partial charge in [0.05, 0.1) is 14.2 Å². The molecule has 3 aromatic carbocycles. The van der Waals surface area contributed by atoms with E-state index in [4.69, 9.17) is 18.9 Å². The third-order valence-corrected chi connectivity index (χ3v) is 5.13. The normalized spacial score (nSPS) is 10.6. The molecule has 7 nitrogen and oxygen atoms in total. The highest BCUT2D eigenvalue weighted by molar-refractivity contribution is 5.95. The van der Waals surface area contributed by atoms with Crippen LogP contribution in [0.5, 0.6) is 23.0 Å². The lowest BCUT2D eigenvalue weighted by Crippen LogP contribution is -2.23. The number of benzene rings is 3. The summed E-state index contributed by atoms with van der Waals surface area (Å²) in [6.07, 6.45) is 0. The van der Waals surface area contributed by atoms with Gasteiger partial charge in [0.25, 0.3) is 5.91 Å². The molecule has 3 aromatic rings. The van der Waals surface area contributed by atoms with Gasteiger partial charge in [-0.3, -0.25) is 4.79 Å². The van der Waals surface area contributed by atoms with Gasteiger partial charge < -0.3 is 29.2 Å². The van der Waals surface area contributed by atoms with E-state index in [9.17, 15) is 4.79 Å². The summed E-state index contributed by atoms with van der Waals surface area (Å²) < 4.78 is 22.6. The molecule has 0 saturated carbocycles. The summed E-state index contributed by atoms with van der Waals surface area (Å²) in [4.78, 5) is 14.9. The SMILES string of the molecule is COc1cc(C(=O)NCc2ccc(OCCN(C)C)cc2)cc(OC)c1OCc1ccccc1. The van der Waals surface area contributed by atoms with Gasteiger partial charge in [0.1, 0.15) is 19.0 Å². The molecular formula is C27H32N2O5. The van der Waals surface area contributed by atoms with Crippen LogP contribution in [0, 0.1) is 0 Å². The Morgan fingerprint density at radius 3 is 2.09 bits per heavy atom. The molecule has 0 aromatic heterocycles. The number of likely N-dealkylation sites (N-methyl/N-ethyl adjacent to an activating group) is 1. The van der Waals surface area contributed by atoms with Crippen molar-refractivity contribution in [2.45, 2.75) is 13.2 Å². The predicted octanol–water partition coefficient (Wildman–Crippen LogP) is 4.15. The fraction of sp³-hybridized carbons (Fsp3) is 0.296. The maximum absolute atomic E-state index is 12.8. The molecule has 0 radical (unpaired) electrons. The molecule has 180 valence electrons. The average Bonchev–Trinajstić information content (AvgIpc) is 2.86. The Morgan fingerprint density at radius 1 is 0.853 bits per heavy atom. The molecule has 3 rings (SSSR count). The first-order valence-electron chi connectivity index (χ1n) is 11.1. The van der Waals surface area contributed by atoms with Gasteiger partial charge in [0.2, 0.25) is 5.75 Å². The largest absolute Gasteiger partial charge is 0.493 e. The fourth-order valence-corrected chi connectivity index (χ4v) is 3.22. The Bertz CT molecular complexity index is 1030. The third-order valence-electron chi connectivity index (χ3n) is 5.13. The lowest BCUT2D eigenvalue weighted by Gasteiger charge is -2.16. The zero-order valence-corrected chi connectivity index (χ0v) is 20.2. The smallest absolute Gasteiger partial charge is 0.251 e. The van der Waals surface area contributed by atoms with Crippen molar-refractivity contribution >= 4 is 5.91 Å². The maximum atomic E-state index is 12.8. The van der Waals surface area contributed by atoms with Crippen LogP contribution in [-0.4, -0.2) is 52.3 Å². The summed E-state index contributed by atoms with van der Waals surface area (Å²) >= 11 is 0. The van der Waals surface area contributed by atoms with Crippen molar-refractivity contribution in [1.29, 1.82) is 0 Å². The van der Waals surface area contributed by atoms with E-state index in [0.717, 1.165) is 23.4 Å².